The minimum absolute atomic E-state index is 0.00299. The third-order valence-electron chi connectivity index (χ3n) is 4.08. The molecule has 21 heavy (non-hydrogen) atoms. The molecule has 6 nitrogen and oxygen atoms in total. The highest BCUT2D eigenvalue weighted by Gasteiger charge is 2.22. The van der Waals surface area contributed by atoms with E-state index in [9.17, 15) is 9.59 Å². The number of nitrogens with zero attached hydrogens (tertiary/aromatic N) is 3. The van der Waals surface area contributed by atoms with E-state index in [0.29, 0.717) is 21.9 Å². The van der Waals surface area contributed by atoms with Gasteiger partial charge in [0, 0.05) is 13.1 Å². The average Bonchev–Trinajstić information content (AvgIpc) is 2.49. The van der Waals surface area contributed by atoms with Crippen LogP contribution in [0.4, 0.5) is 0 Å². The van der Waals surface area contributed by atoms with Crippen LogP contribution < -0.4 is 16.4 Å². The van der Waals surface area contributed by atoms with Crippen LogP contribution in [0.3, 0.4) is 0 Å². The van der Waals surface area contributed by atoms with Gasteiger partial charge in [-0.25, -0.2) is 4.98 Å². The van der Waals surface area contributed by atoms with Gasteiger partial charge in [0.1, 0.15) is 0 Å². The van der Waals surface area contributed by atoms with Gasteiger partial charge in [-0.3, -0.25) is 14.2 Å². The Morgan fingerprint density at radius 2 is 1.95 bits per heavy atom. The highest BCUT2D eigenvalue weighted by molar-refractivity contribution is 6.31. The molecule has 0 radical (unpaired) electrons. The first-order chi connectivity index (χ1) is 10.0. The fraction of sp³-hybridized carbons (Fsp3) is 0.500. The van der Waals surface area contributed by atoms with E-state index in [1.54, 1.807) is 24.6 Å². The Morgan fingerprint density at radius 3 is 2.62 bits per heavy atom. The molecule has 1 aliphatic rings. The summed E-state index contributed by atoms with van der Waals surface area (Å²) in [4.78, 5) is 29.1. The molecule has 2 aromatic rings. The lowest BCUT2D eigenvalue weighted by atomic mass is 10.1. The monoisotopic (exact) mass is 308 g/mol. The summed E-state index contributed by atoms with van der Waals surface area (Å²) in [5, 5.41) is 3.75. The SMILES string of the molecule is Cc1nc2c(cc1Cl)n(C)c(=O)c(=O)n2C1CCNCC1. The number of aryl methyl sites for hydroxylation is 2. The molecule has 0 unspecified atom stereocenters. The van der Waals surface area contributed by atoms with E-state index in [2.05, 4.69) is 10.3 Å². The van der Waals surface area contributed by atoms with Crippen LogP contribution in [0.5, 0.6) is 0 Å². The highest BCUT2D eigenvalue weighted by atomic mass is 35.5. The molecule has 112 valence electrons. The van der Waals surface area contributed by atoms with E-state index >= 15 is 0 Å². The van der Waals surface area contributed by atoms with Gasteiger partial charge in [-0.15, -0.1) is 0 Å². The Bertz CT molecular complexity index is 818. The third-order valence-corrected chi connectivity index (χ3v) is 4.46. The lowest BCUT2D eigenvalue weighted by Crippen LogP contribution is -2.44. The summed E-state index contributed by atoms with van der Waals surface area (Å²) in [5.41, 5.74) is 0.739. The maximum Gasteiger partial charge on any atom is 0.318 e. The minimum Gasteiger partial charge on any atom is -0.317 e. The Kier molecular flexibility index (Phi) is 3.59. The van der Waals surface area contributed by atoms with E-state index < -0.39 is 11.1 Å². The van der Waals surface area contributed by atoms with Gasteiger partial charge >= 0.3 is 11.1 Å². The first-order valence-corrected chi connectivity index (χ1v) is 7.37. The molecule has 0 aliphatic carbocycles. The average molecular weight is 309 g/mol. The van der Waals surface area contributed by atoms with Crippen LogP contribution in [0.1, 0.15) is 24.6 Å². The number of pyridine rings is 1. The van der Waals surface area contributed by atoms with Crippen molar-refractivity contribution in [1.82, 2.24) is 19.4 Å². The Labute approximate surface area is 126 Å². The maximum atomic E-state index is 12.4. The summed E-state index contributed by atoms with van der Waals surface area (Å²) in [6, 6.07) is 1.71. The first kappa shape index (κ1) is 14.3. The van der Waals surface area contributed by atoms with Crippen molar-refractivity contribution < 1.29 is 0 Å². The molecule has 0 amide bonds. The molecule has 0 saturated carbocycles. The molecule has 1 fully saturated rings. The van der Waals surface area contributed by atoms with Crippen molar-refractivity contribution in [3.8, 4) is 0 Å². The standard InChI is InChI=1S/C14H17ClN4O2/c1-8-10(15)7-11-12(17-8)19(9-3-5-16-6-4-9)14(21)13(20)18(11)2/h7,9,16H,3-6H2,1-2H3. The molecule has 0 atom stereocenters. The molecule has 0 aromatic carbocycles. The van der Waals surface area contributed by atoms with E-state index in [4.69, 9.17) is 11.6 Å². The maximum absolute atomic E-state index is 12.4. The predicted octanol–water partition coefficient (Wildman–Crippen LogP) is 0.982. The van der Waals surface area contributed by atoms with Crippen LogP contribution in [0.25, 0.3) is 11.2 Å². The smallest absolute Gasteiger partial charge is 0.317 e. The van der Waals surface area contributed by atoms with Crippen molar-refractivity contribution in [3.05, 3.63) is 37.5 Å². The summed E-state index contributed by atoms with van der Waals surface area (Å²) in [5.74, 6) is 0. The van der Waals surface area contributed by atoms with Crippen molar-refractivity contribution in [1.29, 1.82) is 0 Å². The van der Waals surface area contributed by atoms with Gasteiger partial charge in [0.25, 0.3) is 0 Å². The van der Waals surface area contributed by atoms with E-state index in [0.717, 1.165) is 25.9 Å². The minimum atomic E-state index is -0.539. The van der Waals surface area contributed by atoms with Gasteiger partial charge in [-0.2, -0.15) is 0 Å². The molecular weight excluding hydrogens is 292 g/mol. The number of piperidine rings is 1. The quantitative estimate of drug-likeness (QED) is 0.798. The summed E-state index contributed by atoms with van der Waals surface area (Å²) < 4.78 is 2.88. The summed E-state index contributed by atoms with van der Waals surface area (Å²) >= 11 is 6.11. The lowest BCUT2D eigenvalue weighted by molar-refractivity contribution is 0.365. The van der Waals surface area contributed by atoms with Gasteiger partial charge in [0.2, 0.25) is 0 Å². The van der Waals surface area contributed by atoms with Gasteiger partial charge in [-0.05, 0) is 38.9 Å². The normalized spacial score (nSPS) is 16.5. The van der Waals surface area contributed by atoms with Crippen LogP contribution in [0.2, 0.25) is 5.02 Å². The number of hydrogen-bond donors (Lipinski definition) is 1. The summed E-state index contributed by atoms with van der Waals surface area (Å²) in [7, 11) is 1.58. The zero-order valence-corrected chi connectivity index (χ0v) is 12.8. The number of nitrogens with one attached hydrogen (secondary N) is 1. The molecule has 0 spiro atoms. The summed E-state index contributed by atoms with van der Waals surface area (Å²) in [6.45, 7) is 3.46. The fourth-order valence-electron chi connectivity index (χ4n) is 2.84. The molecule has 7 heteroatoms. The Hall–Kier alpha value is -1.66. The van der Waals surface area contributed by atoms with Crippen molar-refractivity contribution >= 4 is 22.8 Å². The van der Waals surface area contributed by atoms with Gasteiger partial charge in [0.15, 0.2) is 5.65 Å². The largest absolute Gasteiger partial charge is 0.318 e. The molecule has 1 saturated heterocycles. The number of rotatable bonds is 1. The van der Waals surface area contributed by atoms with E-state index in [-0.39, 0.29) is 6.04 Å². The van der Waals surface area contributed by atoms with Crippen LogP contribution in [0, 0.1) is 6.92 Å². The molecule has 1 aliphatic heterocycles. The molecule has 1 N–H and O–H groups in total. The van der Waals surface area contributed by atoms with Crippen molar-refractivity contribution in [2.24, 2.45) is 7.05 Å². The molecular formula is C14H17ClN4O2. The van der Waals surface area contributed by atoms with Crippen molar-refractivity contribution in [2.75, 3.05) is 13.1 Å². The Morgan fingerprint density at radius 1 is 1.29 bits per heavy atom. The number of aromatic nitrogens is 3. The van der Waals surface area contributed by atoms with Gasteiger partial charge in [-0.1, -0.05) is 11.6 Å². The van der Waals surface area contributed by atoms with E-state index in [1.807, 2.05) is 0 Å². The summed E-state index contributed by atoms with van der Waals surface area (Å²) in [6.07, 6.45) is 1.62. The third kappa shape index (κ3) is 2.28. The highest BCUT2D eigenvalue weighted by Crippen LogP contribution is 2.23. The van der Waals surface area contributed by atoms with Crippen molar-refractivity contribution in [2.45, 2.75) is 25.8 Å². The molecule has 2 aromatic heterocycles. The molecule has 3 heterocycles. The lowest BCUT2D eigenvalue weighted by Gasteiger charge is -2.26. The zero-order valence-electron chi connectivity index (χ0n) is 12.0. The van der Waals surface area contributed by atoms with Crippen molar-refractivity contribution in [3.63, 3.8) is 0 Å². The second kappa shape index (κ2) is 5.27. The number of hydrogen-bond acceptors (Lipinski definition) is 4. The fourth-order valence-corrected chi connectivity index (χ4v) is 2.98. The predicted molar refractivity (Wildman–Crippen MR) is 82.1 cm³/mol. The number of halogens is 1. The zero-order chi connectivity index (χ0) is 15.1. The first-order valence-electron chi connectivity index (χ1n) is 7.00. The van der Waals surface area contributed by atoms with Crippen LogP contribution in [-0.4, -0.2) is 27.2 Å². The van der Waals surface area contributed by atoms with E-state index in [1.165, 1.54) is 4.57 Å². The van der Waals surface area contributed by atoms with Crippen LogP contribution in [0.15, 0.2) is 15.7 Å². The van der Waals surface area contributed by atoms with Gasteiger partial charge in [0.05, 0.1) is 16.2 Å². The molecule has 0 bridgehead atoms. The van der Waals surface area contributed by atoms with Gasteiger partial charge < -0.3 is 9.88 Å². The van der Waals surface area contributed by atoms with Crippen LogP contribution in [-0.2, 0) is 7.05 Å². The second-order valence-electron chi connectivity index (χ2n) is 5.42. The van der Waals surface area contributed by atoms with Crippen LogP contribution >= 0.6 is 11.6 Å². The molecule has 3 rings (SSSR count). The second-order valence-corrected chi connectivity index (χ2v) is 5.83. The topological polar surface area (TPSA) is 68.9 Å². The number of fused-ring (bicyclic) bond motifs is 1. The Balaban J connectivity index is 2.39.